The van der Waals surface area contributed by atoms with Crippen molar-refractivity contribution < 1.29 is 4.39 Å². The predicted octanol–water partition coefficient (Wildman–Crippen LogP) is -1.32. The van der Waals surface area contributed by atoms with Gasteiger partial charge in [-0.1, -0.05) is 0 Å². The lowest BCUT2D eigenvalue weighted by molar-refractivity contribution is 0.585. The van der Waals surface area contributed by atoms with E-state index in [-0.39, 0.29) is 17.6 Å². The number of aliphatic imine (C=N–C) groups is 1. The number of hydrogen-bond acceptors (Lipinski definition) is 5. The molecule has 0 aromatic carbocycles. The van der Waals surface area contributed by atoms with Crippen LogP contribution >= 0.6 is 0 Å². The molecule has 0 bridgehead atoms. The van der Waals surface area contributed by atoms with Gasteiger partial charge in [0.25, 0.3) is 5.95 Å². The molecule has 0 atom stereocenters. The molecule has 0 spiro atoms. The van der Waals surface area contributed by atoms with Crippen LogP contribution in [-0.2, 0) is 0 Å². The van der Waals surface area contributed by atoms with Crippen molar-refractivity contribution in [3.05, 3.63) is 5.95 Å². The molecule has 13 heavy (non-hydrogen) atoms. The Balaban J connectivity index is 3.24. The molecule has 7 nitrogen and oxygen atoms in total. The number of anilines is 2. The van der Waals surface area contributed by atoms with Crippen molar-refractivity contribution in [2.24, 2.45) is 16.5 Å². The lowest BCUT2D eigenvalue weighted by Crippen LogP contribution is -2.22. The van der Waals surface area contributed by atoms with Gasteiger partial charge in [-0.05, 0) is 0 Å². The molecule has 1 rings (SSSR count). The fourth-order valence-corrected chi connectivity index (χ4v) is 0.638. The average Bonchev–Trinajstić information content (AvgIpc) is 1.99. The Morgan fingerprint density at radius 1 is 1.15 bits per heavy atom. The SMILES string of the molecule is NC(N)=Nc1nc(F)c(N)nc1N. The van der Waals surface area contributed by atoms with Crippen LogP contribution in [0.5, 0.6) is 0 Å². The monoisotopic (exact) mass is 185 g/mol. The molecule has 8 heteroatoms. The molecule has 0 unspecified atom stereocenters. The molecule has 0 saturated carbocycles. The zero-order valence-electron chi connectivity index (χ0n) is 6.53. The summed E-state index contributed by atoms with van der Waals surface area (Å²) in [5.41, 5.74) is 20.4. The molecule has 1 aromatic rings. The van der Waals surface area contributed by atoms with E-state index in [9.17, 15) is 4.39 Å². The molecule has 0 saturated heterocycles. The number of hydrogen-bond donors (Lipinski definition) is 4. The minimum atomic E-state index is -0.964. The van der Waals surface area contributed by atoms with Gasteiger partial charge in [0, 0.05) is 0 Å². The zero-order chi connectivity index (χ0) is 10.0. The number of nitrogen functional groups attached to an aromatic ring is 2. The largest absolute Gasteiger partial charge is 0.380 e. The molecule has 0 aliphatic carbocycles. The first-order valence-corrected chi connectivity index (χ1v) is 3.19. The highest BCUT2D eigenvalue weighted by Crippen LogP contribution is 2.18. The van der Waals surface area contributed by atoms with Crippen molar-refractivity contribution in [3.8, 4) is 0 Å². The zero-order valence-corrected chi connectivity index (χ0v) is 6.53. The van der Waals surface area contributed by atoms with Gasteiger partial charge in [-0.3, -0.25) is 0 Å². The summed E-state index contributed by atoms with van der Waals surface area (Å²) < 4.78 is 12.7. The lowest BCUT2D eigenvalue weighted by Gasteiger charge is -2.00. The smallest absolute Gasteiger partial charge is 0.257 e. The molecule has 0 aliphatic heterocycles. The van der Waals surface area contributed by atoms with Crippen molar-refractivity contribution in [1.29, 1.82) is 0 Å². The minimum absolute atomic E-state index is 0.132. The molecule has 8 N–H and O–H groups in total. The van der Waals surface area contributed by atoms with Crippen LogP contribution in [0, 0.1) is 5.95 Å². The van der Waals surface area contributed by atoms with Crippen LogP contribution in [0.15, 0.2) is 4.99 Å². The van der Waals surface area contributed by atoms with E-state index in [1.165, 1.54) is 0 Å². The maximum Gasteiger partial charge on any atom is 0.257 e. The van der Waals surface area contributed by atoms with Crippen molar-refractivity contribution >= 4 is 23.4 Å². The van der Waals surface area contributed by atoms with Gasteiger partial charge in [0.1, 0.15) is 0 Å². The topological polar surface area (TPSA) is 142 Å². The summed E-state index contributed by atoms with van der Waals surface area (Å²) in [5.74, 6) is -1.97. The first kappa shape index (κ1) is 8.97. The summed E-state index contributed by atoms with van der Waals surface area (Å²) in [4.78, 5) is 10.2. The Labute approximate surface area is 72.7 Å². The van der Waals surface area contributed by atoms with Crippen LogP contribution in [0.1, 0.15) is 0 Å². The van der Waals surface area contributed by atoms with Crippen molar-refractivity contribution in [3.63, 3.8) is 0 Å². The Morgan fingerprint density at radius 2 is 1.77 bits per heavy atom. The molecular weight excluding hydrogens is 177 g/mol. The summed E-state index contributed by atoms with van der Waals surface area (Å²) in [6.07, 6.45) is 0. The predicted molar refractivity (Wildman–Crippen MR) is 46.3 cm³/mol. The molecule has 1 heterocycles. The van der Waals surface area contributed by atoms with Gasteiger partial charge < -0.3 is 22.9 Å². The number of aromatic nitrogens is 2. The van der Waals surface area contributed by atoms with Crippen LogP contribution in [0.2, 0.25) is 0 Å². The van der Waals surface area contributed by atoms with E-state index in [1.54, 1.807) is 0 Å². The second kappa shape index (κ2) is 3.09. The van der Waals surface area contributed by atoms with Gasteiger partial charge in [-0.25, -0.2) is 4.98 Å². The molecule has 1 aromatic heterocycles. The number of halogens is 1. The molecule has 0 fully saturated rings. The fourth-order valence-electron chi connectivity index (χ4n) is 0.638. The fraction of sp³-hybridized carbons (Fsp3) is 0. The molecule has 70 valence electrons. The highest BCUT2D eigenvalue weighted by atomic mass is 19.1. The third-order valence-electron chi connectivity index (χ3n) is 1.12. The molecule has 0 amide bonds. The van der Waals surface area contributed by atoms with Crippen LogP contribution in [0.25, 0.3) is 0 Å². The highest BCUT2D eigenvalue weighted by Gasteiger charge is 2.07. The minimum Gasteiger partial charge on any atom is -0.380 e. The maximum atomic E-state index is 12.7. The van der Waals surface area contributed by atoms with Gasteiger partial charge in [-0.2, -0.15) is 14.4 Å². The van der Waals surface area contributed by atoms with E-state index in [2.05, 4.69) is 15.0 Å². The standard InChI is InChI=1S/C5H8FN7/c6-1-2(7)12-3(8)4(11-1)13-5(9)10/h(H4,7,8,12)(H4,9,10,11,13). The first-order valence-electron chi connectivity index (χ1n) is 3.19. The normalized spacial score (nSPS) is 9.62. The van der Waals surface area contributed by atoms with E-state index in [4.69, 9.17) is 22.9 Å². The Morgan fingerprint density at radius 3 is 2.31 bits per heavy atom. The lowest BCUT2D eigenvalue weighted by atomic mass is 10.5. The van der Waals surface area contributed by atoms with Crippen LogP contribution in [0.4, 0.5) is 21.8 Å². The van der Waals surface area contributed by atoms with Gasteiger partial charge >= 0.3 is 0 Å². The van der Waals surface area contributed by atoms with Gasteiger partial charge in [0.2, 0.25) is 5.82 Å². The number of rotatable bonds is 1. The van der Waals surface area contributed by atoms with Crippen LogP contribution < -0.4 is 22.9 Å². The first-order chi connectivity index (χ1) is 6.00. The maximum absolute atomic E-state index is 12.7. The van der Waals surface area contributed by atoms with E-state index >= 15 is 0 Å². The third kappa shape index (κ3) is 1.92. The van der Waals surface area contributed by atoms with Crippen molar-refractivity contribution in [1.82, 2.24) is 9.97 Å². The summed E-state index contributed by atoms with van der Waals surface area (Å²) in [5, 5.41) is 0. The Hall–Kier alpha value is -2.12. The van der Waals surface area contributed by atoms with E-state index in [0.717, 1.165) is 0 Å². The second-order valence-electron chi connectivity index (χ2n) is 2.15. The van der Waals surface area contributed by atoms with Crippen LogP contribution in [0.3, 0.4) is 0 Å². The van der Waals surface area contributed by atoms with E-state index in [1.807, 2.05) is 0 Å². The van der Waals surface area contributed by atoms with E-state index < -0.39 is 11.8 Å². The molecule has 0 aliphatic rings. The van der Waals surface area contributed by atoms with Crippen LogP contribution in [-0.4, -0.2) is 15.9 Å². The second-order valence-corrected chi connectivity index (χ2v) is 2.15. The Kier molecular flexibility index (Phi) is 2.13. The van der Waals surface area contributed by atoms with Crippen molar-refractivity contribution in [2.45, 2.75) is 0 Å². The summed E-state index contributed by atoms with van der Waals surface area (Å²) in [7, 11) is 0. The van der Waals surface area contributed by atoms with Crippen molar-refractivity contribution in [2.75, 3.05) is 11.5 Å². The summed E-state index contributed by atoms with van der Waals surface area (Å²) in [6, 6.07) is 0. The highest BCUT2D eigenvalue weighted by molar-refractivity contribution is 5.80. The quantitative estimate of drug-likeness (QED) is 0.316. The van der Waals surface area contributed by atoms with E-state index in [0.29, 0.717) is 0 Å². The summed E-state index contributed by atoms with van der Waals surface area (Å²) >= 11 is 0. The number of nitrogens with two attached hydrogens (primary N) is 4. The molecule has 0 radical (unpaired) electrons. The summed E-state index contributed by atoms with van der Waals surface area (Å²) in [6.45, 7) is 0. The van der Waals surface area contributed by atoms with Gasteiger partial charge in [0.05, 0.1) is 0 Å². The number of guanidine groups is 1. The Bertz CT molecular complexity index is 356. The number of nitrogens with zero attached hydrogens (tertiary/aromatic N) is 3. The third-order valence-corrected chi connectivity index (χ3v) is 1.12. The van der Waals surface area contributed by atoms with Gasteiger partial charge in [-0.15, -0.1) is 0 Å². The molecular formula is C5H8FN7. The van der Waals surface area contributed by atoms with Gasteiger partial charge in [0.15, 0.2) is 17.6 Å². The average molecular weight is 185 g/mol.